The van der Waals surface area contributed by atoms with Crippen molar-refractivity contribution in [2.75, 3.05) is 4.90 Å². The summed E-state index contributed by atoms with van der Waals surface area (Å²) in [6, 6.07) is -52.8. The lowest BCUT2D eigenvalue weighted by molar-refractivity contribution is 0.768. The van der Waals surface area contributed by atoms with E-state index < -0.39 is 359 Å². The molecule has 0 saturated heterocycles. The van der Waals surface area contributed by atoms with Gasteiger partial charge in [-0.15, -0.1) is 0 Å². The van der Waals surface area contributed by atoms with Crippen molar-refractivity contribution >= 4 is 38.9 Å². The number of anilines is 3. The van der Waals surface area contributed by atoms with E-state index in [9.17, 15) is 28.8 Å². The molecule has 12 rings (SSSR count). The van der Waals surface area contributed by atoms with Gasteiger partial charge in [0.15, 0.2) is 0 Å². The van der Waals surface area contributed by atoms with E-state index in [4.69, 9.17) is 28.8 Å². The fourth-order valence-corrected chi connectivity index (χ4v) is 7.48. The molecule has 0 amide bonds. The van der Waals surface area contributed by atoms with Crippen molar-refractivity contribution in [3.8, 4) is 39.1 Å². The fraction of sp³-hybridized carbons (Fsp3) is 0.0164. The van der Waals surface area contributed by atoms with Crippen molar-refractivity contribution < 1.29 is 57.6 Å². The Balaban J connectivity index is 1.35. The SMILES string of the molecule is [2H]c1c([2H])c([2H])c(-c2c([2H])c([2H])c(N(c3c([2H])c([2H])c(-c4c([2H])c([2H])c([2H])c([2H])c4-n4c5c([2H])c([2H])c([2H])c([2H])c5c5c([2H])c([2H])c([2H])c([2H])c54)c([2H])c3[2H])c3c([2H])c([2H])c4c(c3[2H])C(c3c([2H])c([2H])c([2H])c([2H])c3[2H])(c3c([2H])c([2H])c([2H])c([2H])c3[2H])c3c([2H])c([2H])c([2H])c([2H])c3-4)c([2H])c2[2H])c([2H])c1[2H]. The number of hydrogen-bond acceptors (Lipinski definition) is 1. The standard InChI is InChI=1S/C61H42N2/c1-4-18-43(19-5-1)44-32-36-48(37-33-44)62(49-38-34-45(35-39-49)51-24-11-15-29-58(51)63-59-30-16-12-26-54(59)55-27-13-17-31-60(55)63)50-40-41-53-52-25-10-14-28-56(52)61(57(53)42-50,46-20-6-2-7-21-46)47-22-8-3-9-23-47/h1-42H/i1D,2D,3D,4D,5D,6D,7D,8D,9D,10D,11D,12D,13D,14D,15D,16D,17D,18D,19D,20D,21D,22D,23D,24D,25D,26D,27D,28D,29D,30D,31D,32D,33D,34D,35D,36D,37D,38D,39D,40D,41D,42D. The molecule has 1 aliphatic rings. The quantitative estimate of drug-likeness (QED) is 0.148. The number of nitrogens with zero attached hydrogens (tertiary/aromatic N) is 2. The molecule has 2 heteroatoms. The average molecular weight is 845 g/mol. The molecule has 0 radical (unpaired) electrons. The van der Waals surface area contributed by atoms with Gasteiger partial charge in [-0.2, -0.15) is 0 Å². The van der Waals surface area contributed by atoms with Crippen molar-refractivity contribution in [3.63, 3.8) is 0 Å². The van der Waals surface area contributed by atoms with Crippen LogP contribution in [0, 0.1) is 0 Å². The summed E-state index contributed by atoms with van der Waals surface area (Å²) < 4.78 is 392. The smallest absolute Gasteiger partial charge is 0.0714 e. The van der Waals surface area contributed by atoms with E-state index >= 15 is 0 Å². The van der Waals surface area contributed by atoms with Gasteiger partial charge in [-0.1, -0.05) is 199 Å². The van der Waals surface area contributed by atoms with Gasteiger partial charge in [0, 0.05) is 33.4 Å². The Kier molecular flexibility index (Phi) is 3.26. The van der Waals surface area contributed by atoms with Crippen molar-refractivity contribution in [1.29, 1.82) is 0 Å². The molecule has 1 aliphatic carbocycles. The lowest BCUT2D eigenvalue weighted by atomic mass is 9.67. The molecule has 0 bridgehead atoms. The molecular weight excluding hydrogens is 761 g/mol. The van der Waals surface area contributed by atoms with Gasteiger partial charge in [0.1, 0.15) is 0 Å². The summed E-state index contributed by atoms with van der Waals surface area (Å²) in [6.45, 7) is 0. The van der Waals surface area contributed by atoms with E-state index in [1.807, 2.05) is 0 Å². The first-order valence-corrected chi connectivity index (χ1v) is 18.3. The molecule has 1 aromatic heterocycles. The van der Waals surface area contributed by atoms with Gasteiger partial charge in [-0.05, 0) is 104 Å². The number of benzene rings is 10. The Hall–Kier alpha value is -8.20. The third-order valence-corrected chi connectivity index (χ3v) is 10.1. The van der Waals surface area contributed by atoms with Gasteiger partial charge in [0.25, 0.3) is 0 Å². The van der Waals surface area contributed by atoms with Crippen LogP contribution in [-0.4, -0.2) is 4.57 Å². The predicted octanol–water partition coefficient (Wildman–Crippen LogP) is 16.0. The van der Waals surface area contributed by atoms with Crippen LogP contribution in [0.3, 0.4) is 0 Å². The second-order valence-electron chi connectivity index (χ2n) is 13.3. The van der Waals surface area contributed by atoms with Crippen LogP contribution in [0.15, 0.2) is 254 Å². The second kappa shape index (κ2) is 15.1. The van der Waals surface area contributed by atoms with E-state index in [0.717, 1.165) is 0 Å². The molecule has 0 fully saturated rings. The van der Waals surface area contributed by atoms with Gasteiger partial charge < -0.3 is 9.47 Å². The fourth-order valence-electron chi connectivity index (χ4n) is 7.48. The Morgan fingerprint density at radius 1 is 0.333 bits per heavy atom. The number of fused-ring (bicyclic) bond motifs is 6. The highest BCUT2D eigenvalue weighted by Gasteiger charge is 2.46. The Morgan fingerprint density at radius 2 is 0.778 bits per heavy atom. The third-order valence-electron chi connectivity index (χ3n) is 10.1. The van der Waals surface area contributed by atoms with Gasteiger partial charge in [0.05, 0.1) is 79.7 Å². The van der Waals surface area contributed by atoms with Crippen LogP contribution in [0.25, 0.3) is 60.9 Å². The first-order chi connectivity index (χ1) is 48.7. The first-order valence-electron chi connectivity index (χ1n) is 39.3. The molecule has 11 aromatic rings. The normalized spacial score (nSPS) is 21.9. The average Bonchev–Trinajstić information content (AvgIpc) is 1.51. The minimum Gasteiger partial charge on any atom is -0.310 e. The van der Waals surface area contributed by atoms with E-state index in [2.05, 4.69) is 0 Å². The minimum absolute atomic E-state index is 0.0909. The zero-order valence-electron chi connectivity index (χ0n) is 73.4. The molecule has 1 heterocycles. The van der Waals surface area contributed by atoms with E-state index in [-0.39, 0.29) is 4.90 Å². The molecule has 0 unspecified atom stereocenters. The highest BCUT2D eigenvalue weighted by molar-refractivity contribution is 6.09. The minimum atomic E-state index is -3.62. The lowest BCUT2D eigenvalue weighted by Crippen LogP contribution is -2.28. The summed E-state index contributed by atoms with van der Waals surface area (Å²) in [7, 11) is 0. The molecule has 0 N–H and O–H groups in total. The molecule has 2 nitrogen and oxygen atoms in total. The summed E-state index contributed by atoms with van der Waals surface area (Å²) >= 11 is 0. The monoisotopic (exact) mass is 845 g/mol. The van der Waals surface area contributed by atoms with Gasteiger partial charge in [-0.3, -0.25) is 0 Å². The second-order valence-corrected chi connectivity index (χ2v) is 13.3. The third kappa shape index (κ3) is 5.87. The Bertz CT molecular complexity index is 5660. The van der Waals surface area contributed by atoms with Crippen molar-refractivity contribution in [2.45, 2.75) is 5.41 Å². The summed E-state index contributed by atoms with van der Waals surface area (Å²) in [5.41, 5.74) is -22.2. The van der Waals surface area contributed by atoms with Crippen LogP contribution >= 0.6 is 0 Å². The molecule has 0 saturated carbocycles. The maximum Gasteiger partial charge on any atom is 0.0714 e. The van der Waals surface area contributed by atoms with E-state index in [1.165, 1.54) is 0 Å². The molecular formula is C61H42N2. The van der Waals surface area contributed by atoms with Crippen molar-refractivity contribution in [2.24, 2.45) is 0 Å². The van der Waals surface area contributed by atoms with Gasteiger partial charge in [0.2, 0.25) is 0 Å². The number of para-hydroxylation sites is 3. The number of hydrogen-bond donors (Lipinski definition) is 0. The summed E-state index contributed by atoms with van der Waals surface area (Å²) in [5.74, 6) is 0. The maximum atomic E-state index is 10.8. The van der Waals surface area contributed by atoms with Crippen LogP contribution in [0.1, 0.15) is 79.8 Å². The van der Waals surface area contributed by atoms with E-state index in [0.29, 0.717) is 4.57 Å². The van der Waals surface area contributed by atoms with E-state index in [1.54, 1.807) is 0 Å². The molecule has 63 heavy (non-hydrogen) atoms. The van der Waals surface area contributed by atoms with Gasteiger partial charge >= 0.3 is 0 Å². The zero-order chi connectivity index (χ0) is 78.3. The van der Waals surface area contributed by atoms with Crippen LogP contribution in [-0.2, 0) is 5.41 Å². The molecule has 10 aromatic carbocycles. The highest BCUT2D eigenvalue weighted by atomic mass is 15.1. The molecule has 0 atom stereocenters. The van der Waals surface area contributed by atoms with Crippen LogP contribution in [0.5, 0.6) is 0 Å². The van der Waals surface area contributed by atoms with Crippen molar-refractivity contribution in [3.05, 3.63) is 276 Å². The molecule has 0 spiro atoms. The topological polar surface area (TPSA) is 8.17 Å². The summed E-state index contributed by atoms with van der Waals surface area (Å²) in [5, 5.41) is -1.32. The maximum absolute atomic E-state index is 10.8. The zero-order valence-corrected chi connectivity index (χ0v) is 31.4. The number of aromatic nitrogens is 1. The summed E-state index contributed by atoms with van der Waals surface area (Å²) in [4.78, 5) is 0.0909. The molecule has 296 valence electrons. The lowest BCUT2D eigenvalue weighted by Gasteiger charge is -2.35. The van der Waals surface area contributed by atoms with Crippen LogP contribution in [0.2, 0.25) is 0 Å². The van der Waals surface area contributed by atoms with Crippen LogP contribution in [0.4, 0.5) is 17.1 Å². The Labute approximate surface area is 427 Å². The highest BCUT2D eigenvalue weighted by Crippen LogP contribution is 2.57. The largest absolute Gasteiger partial charge is 0.310 e. The van der Waals surface area contributed by atoms with Crippen LogP contribution < -0.4 is 4.90 Å². The summed E-state index contributed by atoms with van der Waals surface area (Å²) in [6.07, 6.45) is 0. The Morgan fingerprint density at radius 3 is 1.40 bits per heavy atom. The van der Waals surface area contributed by atoms with Gasteiger partial charge in [-0.25, -0.2) is 0 Å². The molecule has 0 aliphatic heterocycles. The predicted molar refractivity (Wildman–Crippen MR) is 264 cm³/mol. The van der Waals surface area contributed by atoms with Crippen molar-refractivity contribution in [1.82, 2.24) is 4.57 Å². The first kappa shape index (κ1) is 13.6. The number of rotatable bonds is 8.